The quantitative estimate of drug-likeness (QED) is 0.598. The number of nitrogens with zero attached hydrogens (tertiary/aromatic N) is 1. The van der Waals surface area contributed by atoms with E-state index < -0.39 is 29.2 Å². The monoisotopic (exact) mass is 358 g/mol. The normalized spacial score (nSPS) is 12.8. The number of carbonyl (C=O) groups is 2. The van der Waals surface area contributed by atoms with E-state index in [-0.39, 0.29) is 29.7 Å². The Kier molecular flexibility index (Phi) is 7.14. The number of ether oxygens (including phenoxy) is 1. The zero-order valence-electron chi connectivity index (χ0n) is 14.7. The Hall–Kier alpha value is -1.69. The number of aromatic nitrogens is 1. The van der Waals surface area contributed by atoms with Crippen LogP contribution in [-0.4, -0.2) is 23.5 Å². The zero-order valence-corrected chi connectivity index (χ0v) is 15.4. The summed E-state index contributed by atoms with van der Waals surface area (Å²) < 4.78 is 19.2. The van der Waals surface area contributed by atoms with E-state index in [0.29, 0.717) is 0 Å². The molecule has 1 atom stereocenters. The number of hydrogen-bond donors (Lipinski definition) is 1. The van der Waals surface area contributed by atoms with Crippen LogP contribution >= 0.6 is 11.6 Å². The van der Waals surface area contributed by atoms with Crippen molar-refractivity contribution in [2.75, 3.05) is 6.61 Å². The molecule has 1 rings (SSSR count). The summed E-state index contributed by atoms with van der Waals surface area (Å²) in [5.41, 5.74) is -1.05. The maximum atomic E-state index is 14.1. The SMILES string of the molecule is CCC(C(=O)NC(C)(C)c1ncc(Cl)cc1F)C(=O)OCC(C)C. The first-order valence-corrected chi connectivity index (χ1v) is 8.26. The second-order valence-electron chi connectivity index (χ2n) is 6.58. The lowest BCUT2D eigenvalue weighted by molar-refractivity contribution is -0.154. The summed E-state index contributed by atoms with van der Waals surface area (Å²) in [6.45, 7) is 9.00. The molecule has 1 heterocycles. The van der Waals surface area contributed by atoms with Crippen LogP contribution in [0.4, 0.5) is 4.39 Å². The van der Waals surface area contributed by atoms with Gasteiger partial charge >= 0.3 is 5.97 Å². The van der Waals surface area contributed by atoms with E-state index in [9.17, 15) is 14.0 Å². The highest BCUT2D eigenvalue weighted by Crippen LogP contribution is 2.24. The molecule has 7 heteroatoms. The molecule has 0 spiro atoms. The molecule has 1 N–H and O–H groups in total. The average Bonchev–Trinajstić information content (AvgIpc) is 2.44. The number of pyridine rings is 1. The van der Waals surface area contributed by atoms with E-state index in [2.05, 4.69) is 10.3 Å². The molecular formula is C17H24ClFN2O3. The smallest absolute Gasteiger partial charge is 0.318 e. The molecule has 1 aromatic heterocycles. The van der Waals surface area contributed by atoms with E-state index in [4.69, 9.17) is 16.3 Å². The number of amides is 1. The molecule has 0 aromatic carbocycles. The van der Waals surface area contributed by atoms with Gasteiger partial charge < -0.3 is 10.1 Å². The lowest BCUT2D eigenvalue weighted by Crippen LogP contribution is -2.47. The van der Waals surface area contributed by atoms with Gasteiger partial charge in [0.15, 0.2) is 0 Å². The Morgan fingerprint density at radius 2 is 2.04 bits per heavy atom. The van der Waals surface area contributed by atoms with Crippen LogP contribution in [0.25, 0.3) is 0 Å². The van der Waals surface area contributed by atoms with Crippen LogP contribution in [0.1, 0.15) is 46.7 Å². The molecule has 1 aromatic rings. The molecule has 0 aliphatic carbocycles. The Morgan fingerprint density at radius 1 is 1.42 bits per heavy atom. The Morgan fingerprint density at radius 3 is 2.54 bits per heavy atom. The van der Waals surface area contributed by atoms with Crippen LogP contribution in [0.5, 0.6) is 0 Å². The van der Waals surface area contributed by atoms with Gasteiger partial charge in [-0.15, -0.1) is 0 Å². The highest BCUT2D eigenvalue weighted by Gasteiger charge is 2.33. The minimum Gasteiger partial charge on any atom is -0.465 e. The predicted octanol–water partition coefficient (Wildman–Crippen LogP) is 3.45. The van der Waals surface area contributed by atoms with Gasteiger partial charge in [0.05, 0.1) is 17.2 Å². The van der Waals surface area contributed by atoms with Crippen molar-refractivity contribution in [1.29, 1.82) is 0 Å². The number of rotatable bonds is 7. The third-order valence-corrected chi connectivity index (χ3v) is 3.61. The summed E-state index contributed by atoms with van der Waals surface area (Å²) in [5.74, 6) is -2.49. The number of hydrogen-bond acceptors (Lipinski definition) is 4. The van der Waals surface area contributed by atoms with Crippen LogP contribution in [0, 0.1) is 17.7 Å². The van der Waals surface area contributed by atoms with E-state index in [0.717, 1.165) is 6.07 Å². The van der Waals surface area contributed by atoms with Crippen molar-refractivity contribution in [2.45, 2.75) is 46.6 Å². The van der Waals surface area contributed by atoms with Gasteiger partial charge in [0.25, 0.3) is 0 Å². The van der Waals surface area contributed by atoms with Gasteiger partial charge in [-0.3, -0.25) is 14.6 Å². The Balaban J connectivity index is 2.87. The lowest BCUT2D eigenvalue weighted by Gasteiger charge is -2.28. The van der Waals surface area contributed by atoms with Crippen LogP contribution in [0.3, 0.4) is 0 Å². The number of nitrogens with one attached hydrogen (secondary N) is 1. The first-order valence-electron chi connectivity index (χ1n) is 7.88. The molecule has 0 fully saturated rings. The fraction of sp³-hybridized carbons (Fsp3) is 0.588. The molecular weight excluding hydrogens is 335 g/mol. The summed E-state index contributed by atoms with van der Waals surface area (Å²) in [7, 11) is 0. The maximum absolute atomic E-state index is 14.1. The van der Waals surface area contributed by atoms with E-state index in [1.165, 1.54) is 6.20 Å². The minimum atomic E-state index is -1.10. The summed E-state index contributed by atoms with van der Waals surface area (Å²) in [6, 6.07) is 1.13. The van der Waals surface area contributed by atoms with Gasteiger partial charge in [0.2, 0.25) is 5.91 Å². The third kappa shape index (κ3) is 5.44. The largest absolute Gasteiger partial charge is 0.465 e. The zero-order chi connectivity index (χ0) is 18.5. The third-order valence-electron chi connectivity index (χ3n) is 3.40. The molecule has 134 valence electrons. The number of carbonyl (C=O) groups excluding carboxylic acids is 2. The van der Waals surface area contributed by atoms with Gasteiger partial charge in [0, 0.05) is 6.20 Å². The van der Waals surface area contributed by atoms with Crippen LogP contribution in [-0.2, 0) is 19.9 Å². The number of halogens is 2. The average molecular weight is 359 g/mol. The maximum Gasteiger partial charge on any atom is 0.318 e. The molecule has 1 amide bonds. The highest BCUT2D eigenvalue weighted by molar-refractivity contribution is 6.30. The Labute approximate surface area is 146 Å². The van der Waals surface area contributed by atoms with Gasteiger partial charge in [-0.05, 0) is 32.3 Å². The molecule has 0 radical (unpaired) electrons. The highest BCUT2D eigenvalue weighted by atomic mass is 35.5. The fourth-order valence-corrected chi connectivity index (χ4v) is 2.28. The first kappa shape index (κ1) is 20.4. The topological polar surface area (TPSA) is 68.3 Å². The van der Waals surface area contributed by atoms with Crippen molar-refractivity contribution >= 4 is 23.5 Å². The molecule has 5 nitrogen and oxygen atoms in total. The van der Waals surface area contributed by atoms with Gasteiger partial charge in [-0.2, -0.15) is 0 Å². The van der Waals surface area contributed by atoms with Crippen molar-refractivity contribution in [3.8, 4) is 0 Å². The molecule has 24 heavy (non-hydrogen) atoms. The lowest BCUT2D eigenvalue weighted by atomic mass is 9.96. The summed E-state index contributed by atoms with van der Waals surface area (Å²) in [5, 5.41) is 2.84. The molecule has 0 aliphatic rings. The van der Waals surface area contributed by atoms with Crippen molar-refractivity contribution < 1.29 is 18.7 Å². The van der Waals surface area contributed by atoms with Crippen molar-refractivity contribution in [1.82, 2.24) is 10.3 Å². The van der Waals surface area contributed by atoms with Crippen LogP contribution in [0.15, 0.2) is 12.3 Å². The standard InChI is InChI=1S/C17H24ClFN2O3/c1-6-12(16(23)24-9-10(2)3)15(22)21-17(4,5)14-13(19)7-11(18)8-20-14/h7-8,10,12H,6,9H2,1-5H3,(H,21,22). The van der Waals surface area contributed by atoms with Crippen molar-refractivity contribution in [3.63, 3.8) is 0 Å². The minimum absolute atomic E-state index is 0.0469. The van der Waals surface area contributed by atoms with Crippen LogP contribution < -0.4 is 5.32 Å². The molecule has 0 saturated heterocycles. The molecule has 0 bridgehead atoms. The van der Waals surface area contributed by atoms with E-state index >= 15 is 0 Å². The fourth-order valence-electron chi connectivity index (χ4n) is 2.14. The van der Waals surface area contributed by atoms with E-state index in [1.54, 1.807) is 20.8 Å². The molecule has 0 saturated carbocycles. The van der Waals surface area contributed by atoms with Gasteiger partial charge in [0.1, 0.15) is 17.4 Å². The van der Waals surface area contributed by atoms with E-state index in [1.807, 2.05) is 13.8 Å². The number of esters is 1. The summed E-state index contributed by atoms with van der Waals surface area (Å²) in [4.78, 5) is 28.5. The van der Waals surface area contributed by atoms with Gasteiger partial charge in [-0.1, -0.05) is 32.4 Å². The summed E-state index contributed by atoms with van der Waals surface area (Å²) >= 11 is 5.70. The molecule has 0 aliphatic heterocycles. The first-order chi connectivity index (χ1) is 11.1. The second-order valence-corrected chi connectivity index (χ2v) is 7.02. The molecule has 1 unspecified atom stereocenters. The Bertz CT molecular complexity index is 605. The summed E-state index contributed by atoms with van der Waals surface area (Å²) in [6.07, 6.45) is 1.59. The second kappa shape index (κ2) is 8.42. The van der Waals surface area contributed by atoms with Gasteiger partial charge in [-0.25, -0.2) is 4.39 Å². The van der Waals surface area contributed by atoms with Crippen molar-refractivity contribution in [3.05, 3.63) is 28.8 Å². The van der Waals surface area contributed by atoms with Crippen LogP contribution in [0.2, 0.25) is 5.02 Å². The van der Waals surface area contributed by atoms with Crippen molar-refractivity contribution in [2.24, 2.45) is 11.8 Å². The predicted molar refractivity (Wildman–Crippen MR) is 90.0 cm³/mol.